The molecule has 1 aromatic carbocycles. The second-order valence-corrected chi connectivity index (χ2v) is 3.78. The standard InChI is InChI=1S/C13H20N2O2/c1-3-9-17-12-6-4-5-11(10-12)15-13(16)7-8-14-2/h4-6,10,14H,3,7-9H2,1-2H3,(H,15,16). The molecule has 2 N–H and O–H groups in total. The number of hydrogen-bond donors (Lipinski definition) is 2. The molecule has 17 heavy (non-hydrogen) atoms. The van der Waals surface area contributed by atoms with E-state index in [9.17, 15) is 4.79 Å². The van der Waals surface area contributed by atoms with Crippen LogP contribution in [0.2, 0.25) is 0 Å². The third-order valence-electron chi connectivity index (χ3n) is 2.19. The van der Waals surface area contributed by atoms with E-state index >= 15 is 0 Å². The molecule has 0 aromatic heterocycles. The van der Waals surface area contributed by atoms with Crippen molar-refractivity contribution in [2.75, 3.05) is 25.5 Å². The van der Waals surface area contributed by atoms with Gasteiger partial charge in [-0.3, -0.25) is 4.79 Å². The smallest absolute Gasteiger partial charge is 0.225 e. The van der Waals surface area contributed by atoms with Crippen LogP contribution in [0.1, 0.15) is 19.8 Å². The number of amides is 1. The van der Waals surface area contributed by atoms with Gasteiger partial charge < -0.3 is 15.4 Å². The predicted octanol–water partition coefficient (Wildman–Crippen LogP) is 2.02. The molecule has 1 rings (SSSR count). The Labute approximate surface area is 102 Å². The summed E-state index contributed by atoms with van der Waals surface area (Å²) in [7, 11) is 1.83. The van der Waals surface area contributed by atoms with Crippen LogP contribution in [0, 0.1) is 0 Å². The normalized spacial score (nSPS) is 10.0. The van der Waals surface area contributed by atoms with E-state index in [-0.39, 0.29) is 5.91 Å². The fourth-order valence-corrected chi connectivity index (χ4v) is 1.35. The highest BCUT2D eigenvalue weighted by Crippen LogP contribution is 2.17. The van der Waals surface area contributed by atoms with E-state index in [0.29, 0.717) is 19.6 Å². The maximum Gasteiger partial charge on any atom is 0.225 e. The summed E-state index contributed by atoms with van der Waals surface area (Å²) in [6.07, 6.45) is 1.44. The number of nitrogens with one attached hydrogen (secondary N) is 2. The maximum absolute atomic E-state index is 11.5. The number of carbonyl (C=O) groups is 1. The number of rotatable bonds is 7. The lowest BCUT2D eigenvalue weighted by molar-refractivity contribution is -0.116. The first-order chi connectivity index (χ1) is 8.26. The van der Waals surface area contributed by atoms with Crippen molar-refractivity contribution in [2.45, 2.75) is 19.8 Å². The van der Waals surface area contributed by atoms with E-state index in [4.69, 9.17) is 4.74 Å². The van der Waals surface area contributed by atoms with Gasteiger partial charge in [0, 0.05) is 24.7 Å². The second kappa shape index (κ2) is 7.68. The van der Waals surface area contributed by atoms with Gasteiger partial charge in [0.05, 0.1) is 6.61 Å². The van der Waals surface area contributed by atoms with Crippen molar-refractivity contribution in [1.82, 2.24) is 5.32 Å². The number of ether oxygens (including phenoxy) is 1. The largest absolute Gasteiger partial charge is 0.494 e. The third-order valence-corrected chi connectivity index (χ3v) is 2.19. The van der Waals surface area contributed by atoms with Crippen LogP contribution in [-0.2, 0) is 4.79 Å². The number of benzene rings is 1. The predicted molar refractivity (Wildman–Crippen MR) is 69.4 cm³/mol. The lowest BCUT2D eigenvalue weighted by Gasteiger charge is -2.08. The molecule has 4 heteroatoms. The van der Waals surface area contributed by atoms with Crippen LogP contribution in [0.25, 0.3) is 0 Å². The highest BCUT2D eigenvalue weighted by atomic mass is 16.5. The number of carbonyl (C=O) groups excluding carboxylic acids is 1. The Morgan fingerprint density at radius 2 is 2.24 bits per heavy atom. The van der Waals surface area contributed by atoms with Crippen molar-refractivity contribution in [1.29, 1.82) is 0 Å². The van der Waals surface area contributed by atoms with Crippen LogP contribution in [0.3, 0.4) is 0 Å². The van der Waals surface area contributed by atoms with Crippen LogP contribution in [0.5, 0.6) is 5.75 Å². The molecule has 4 nitrogen and oxygen atoms in total. The first kappa shape index (κ1) is 13.5. The Morgan fingerprint density at radius 3 is 2.94 bits per heavy atom. The first-order valence-electron chi connectivity index (χ1n) is 5.93. The summed E-state index contributed by atoms with van der Waals surface area (Å²) >= 11 is 0. The number of anilines is 1. The topological polar surface area (TPSA) is 50.4 Å². The molecule has 0 saturated heterocycles. The molecule has 0 spiro atoms. The van der Waals surface area contributed by atoms with Crippen molar-refractivity contribution in [3.8, 4) is 5.75 Å². The van der Waals surface area contributed by atoms with Crippen LogP contribution >= 0.6 is 0 Å². The van der Waals surface area contributed by atoms with E-state index in [1.165, 1.54) is 0 Å². The van der Waals surface area contributed by atoms with Crippen molar-refractivity contribution >= 4 is 11.6 Å². The van der Waals surface area contributed by atoms with E-state index in [1.54, 1.807) is 0 Å². The molecule has 0 unspecified atom stereocenters. The second-order valence-electron chi connectivity index (χ2n) is 3.78. The molecule has 0 aliphatic heterocycles. The van der Waals surface area contributed by atoms with Gasteiger partial charge in [-0.05, 0) is 25.6 Å². The average molecular weight is 236 g/mol. The first-order valence-corrected chi connectivity index (χ1v) is 5.93. The van der Waals surface area contributed by atoms with Gasteiger partial charge in [-0.15, -0.1) is 0 Å². The van der Waals surface area contributed by atoms with Gasteiger partial charge in [0.2, 0.25) is 5.91 Å². The molecule has 0 aliphatic carbocycles. The van der Waals surface area contributed by atoms with Gasteiger partial charge in [0.1, 0.15) is 5.75 Å². The van der Waals surface area contributed by atoms with Crippen LogP contribution < -0.4 is 15.4 Å². The zero-order chi connectivity index (χ0) is 12.5. The molecule has 0 radical (unpaired) electrons. The minimum atomic E-state index is 0.00647. The van der Waals surface area contributed by atoms with Gasteiger partial charge in [-0.2, -0.15) is 0 Å². The van der Waals surface area contributed by atoms with Crippen molar-refractivity contribution in [3.63, 3.8) is 0 Å². The minimum Gasteiger partial charge on any atom is -0.494 e. The quantitative estimate of drug-likeness (QED) is 0.761. The highest BCUT2D eigenvalue weighted by molar-refractivity contribution is 5.90. The summed E-state index contributed by atoms with van der Waals surface area (Å²) in [5, 5.41) is 5.77. The Kier molecular flexibility index (Phi) is 6.10. The van der Waals surface area contributed by atoms with E-state index in [0.717, 1.165) is 17.9 Å². The molecule has 0 heterocycles. The zero-order valence-electron chi connectivity index (χ0n) is 10.5. The molecule has 0 atom stereocenters. The summed E-state index contributed by atoms with van der Waals surface area (Å²) in [5.74, 6) is 0.797. The van der Waals surface area contributed by atoms with Gasteiger partial charge in [0.25, 0.3) is 0 Å². The molecule has 94 valence electrons. The van der Waals surface area contributed by atoms with Crippen molar-refractivity contribution in [3.05, 3.63) is 24.3 Å². The van der Waals surface area contributed by atoms with E-state index in [2.05, 4.69) is 17.6 Å². The third kappa shape index (κ3) is 5.36. The molecule has 0 fully saturated rings. The lowest BCUT2D eigenvalue weighted by atomic mass is 10.3. The Morgan fingerprint density at radius 1 is 1.41 bits per heavy atom. The Balaban J connectivity index is 2.50. The maximum atomic E-state index is 11.5. The summed E-state index contributed by atoms with van der Waals surface area (Å²) < 4.78 is 5.49. The lowest BCUT2D eigenvalue weighted by Crippen LogP contribution is -2.18. The fraction of sp³-hybridized carbons (Fsp3) is 0.462. The summed E-state index contributed by atoms with van der Waals surface area (Å²) in [6.45, 7) is 3.43. The average Bonchev–Trinajstić information content (AvgIpc) is 2.34. The molecule has 0 saturated carbocycles. The molecular formula is C13H20N2O2. The zero-order valence-corrected chi connectivity index (χ0v) is 10.5. The van der Waals surface area contributed by atoms with Gasteiger partial charge >= 0.3 is 0 Å². The minimum absolute atomic E-state index is 0.00647. The fourth-order valence-electron chi connectivity index (χ4n) is 1.35. The Bertz CT molecular complexity index is 353. The van der Waals surface area contributed by atoms with Gasteiger partial charge in [0.15, 0.2) is 0 Å². The van der Waals surface area contributed by atoms with Crippen LogP contribution in [0.15, 0.2) is 24.3 Å². The van der Waals surface area contributed by atoms with Gasteiger partial charge in [-0.1, -0.05) is 13.0 Å². The Hall–Kier alpha value is -1.55. The molecular weight excluding hydrogens is 216 g/mol. The molecule has 0 bridgehead atoms. The molecule has 1 aromatic rings. The molecule has 0 aliphatic rings. The SMILES string of the molecule is CCCOc1cccc(NC(=O)CCNC)c1. The van der Waals surface area contributed by atoms with Crippen LogP contribution in [-0.4, -0.2) is 26.1 Å². The van der Waals surface area contributed by atoms with Gasteiger partial charge in [-0.25, -0.2) is 0 Å². The monoisotopic (exact) mass is 236 g/mol. The number of hydrogen-bond acceptors (Lipinski definition) is 3. The van der Waals surface area contributed by atoms with E-state index < -0.39 is 0 Å². The van der Waals surface area contributed by atoms with Crippen molar-refractivity contribution < 1.29 is 9.53 Å². The molecule has 1 amide bonds. The highest BCUT2D eigenvalue weighted by Gasteiger charge is 2.02. The summed E-state index contributed by atoms with van der Waals surface area (Å²) in [5.41, 5.74) is 0.778. The van der Waals surface area contributed by atoms with Crippen LogP contribution in [0.4, 0.5) is 5.69 Å². The van der Waals surface area contributed by atoms with E-state index in [1.807, 2.05) is 31.3 Å². The van der Waals surface area contributed by atoms with Crippen molar-refractivity contribution in [2.24, 2.45) is 0 Å². The summed E-state index contributed by atoms with van der Waals surface area (Å²) in [4.78, 5) is 11.5. The summed E-state index contributed by atoms with van der Waals surface area (Å²) in [6, 6.07) is 7.46.